The summed E-state index contributed by atoms with van der Waals surface area (Å²) in [6.07, 6.45) is -2.15. The number of carbonyl (C=O) groups excluding carboxylic acids is 2. The van der Waals surface area contributed by atoms with E-state index in [0.717, 1.165) is 4.31 Å². The Kier molecular flexibility index (Phi) is 6.20. The van der Waals surface area contributed by atoms with Crippen molar-refractivity contribution in [3.8, 4) is 0 Å². The van der Waals surface area contributed by atoms with Crippen LogP contribution in [0.4, 0.5) is 10.6 Å². The van der Waals surface area contributed by atoms with Crippen LogP contribution in [0.25, 0.3) is 5.76 Å². The highest BCUT2D eigenvalue weighted by atomic mass is 32.2. The van der Waals surface area contributed by atoms with Gasteiger partial charge in [-0.1, -0.05) is 17.3 Å². The van der Waals surface area contributed by atoms with Crippen LogP contribution in [0, 0.1) is 6.92 Å². The summed E-state index contributed by atoms with van der Waals surface area (Å²) in [6, 6.07) is 7.48. The van der Waals surface area contributed by atoms with E-state index >= 15 is 0 Å². The number of aryl methyl sites for hydroxylation is 1. The van der Waals surface area contributed by atoms with Crippen LogP contribution in [0.3, 0.4) is 0 Å². The zero-order valence-corrected chi connectivity index (χ0v) is 18.1. The summed E-state index contributed by atoms with van der Waals surface area (Å²) < 4.78 is 47.1. The van der Waals surface area contributed by atoms with Gasteiger partial charge in [0.15, 0.2) is 17.3 Å². The van der Waals surface area contributed by atoms with E-state index in [1.54, 1.807) is 26.0 Å². The van der Waals surface area contributed by atoms with Gasteiger partial charge in [0.1, 0.15) is 5.76 Å². The molecule has 1 aromatic heterocycles. The number of aromatic nitrogens is 1. The molecule has 0 saturated carbocycles. The van der Waals surface area contributed by atoms with Gasteiger partial charge in [0.05, 0.1) is 11.5 Å². The third kappa shape index (κ3) is 4.48. The molecule has 1 aliphatic heterocycles. The normalized spacial score (nSPS) is 15.7. The Labute approximate surface area is 178 Å². The molecule has 1 atom stereocenters. The number of nitrogens with one attached hydrogen (secondary N) is 1. The number of nitrogens with zero attached hydrogens (tertiary/aromatic N) is 2. The predicted octanol–water partition coefficient (Wildman–Crippen LogP) is 2.46. The molecule has 3 rings (SSSR count). The van der Waals surface area contributed by atoms with Crippen LogP contribution in [0.1, 0.15) is 25.2 Å². The van der Waals surface area contributed by atoms with Crippen molar-refractivity contribution >= 4 is 33.7 Å². The number of likely N-dealkylation sites (N-methyl/N-ethyl adjacent to an activating group) is 1. The number of fused-ring (bicyclic) bond motifs is 1. The van der Waals surface area contributed by atoms with Crippen LogP contribution in [0.5, 0.6) is 0 Å². The second-order valence-corrected chi connectivity index (χ2v) is 8.35. The number of anilines is 1. The molecular formula is C19H21N3O8S. The maximum atomic E-state index is 13.0. The molecule has 1 aromatic carbocycles. The van der Waals surface area contributed by atoms with Gasteiger partial charge >= 0.3 is 6.16 Å². The number of hydrogen-bond acceptors (Lipinski definition) is 9. The summed E-state index contributed by atoms with van der Waals surface area (Å²) in [6.45, 7) is 4.76. The summed E-state index contributed by atoms with van der Waals surface area (Å²) in [7, 11) is -2.83. The number of rotatable bonds is 6. The molecule has 12 heteroatoms. The minimum atomic E-state index is -4.04. The molecule has 0 radical (unpaired) electrons. The lowest BCUT2D eigenvalue weighted by Crippen LogP contribution is -2.38. The number of ether oxygens (including phenoxy) is 3. The van der Waals surface area contributed by atoms with Gasteiger partial charge in [-0.05, 0) is 26.0 Å². The quantitative estimate of drug-likeness (QED) is 0.518. The highest BCUT2D eigenvalue weighted by Gasteiger charge is 2.39. The highest BCUT2D eigenvalue weighted by Crippen LogP contribution is 2.37. The molecule has 1 N–H and O–H groups in total. The van der Waals surface area contributed by atoms with E-state index in [0.29, 0.717) is 5.76 Å². The first kappa shape index (κ1) is 22.2. The lowest BCUT2D eigenvalue weighted by atomic mass is 10.1. The molecule has 1 amide bonds. The Bertz CT molecular complexity index is 1140. The number of sulfonamides is 1. The van der Waals surface area contributed by atoms with Gasteiger partial charge in [-0.2, -0.15) is 0 Å². The summed E-state index contributed by atoms with van der Waals surface area (Å²) in [5.74, 6) is -0.364. The monoisotopic (exact) mass is 451 g/mol. The minimum absolute atomic E-state index is 0.0651. The lowest BCUT2D eigenvalue weighted by molar-refractivity contribution is -0.114. The highest BCUT2D eigenvalue weighted by molar-refractivity contribution is 7.89. The first-order valence-electron chi connectivity index (χ1n) is 9.22. The van der Waals surface area contributed by atoms with E-state index in [1.807, 2.05) is 0 Å². The van der Waals surface area contributed by atoms with Crippen LogP contribution < -0.4 is 5.32 Å². The Morgan fingerprint density at radius 1 is 1.29 bits per heavy atom. The third-order valence-corrected chi connectivity index (χ3v) is 6.01. The van der Waals surface area contributed by atoms with Gasteiger partial charge in [0.25, 0.3) is 15.9 Å². The van der Waals surface area contributed by atoms with Crippen molar-refractivity contribution < 1.29 is 36.7 Å². The standard InChI is InChI=1S/C19H21N3O8S/c1-5-27-19(24)29-12(3)28-17-13-8-6-7-9-14(13)31(25,26)22(4)16(17)18(23)20-15-10-11(2)30-21-15/h6-10,12H,5H2,1-4H3,(H,20,21,23). The number of hydrogen-bond donors (Lipinski definition) is 1. The zero-order chi connectivity index (χ0) is 22.8. The van der Waals surface area contributed by atoms with Crippen LogP contribution in [-0.2, 0) is 29.0 Å². The van der Waals surface area contributed by atoms with Crippen molar-refractivity contribution in [2.24, 2.45) is 0 Å². The Morgan fingerprint density at radius 3 is 2.65 bits per heavy atom. The van der Waals surface area contributed by atoms with E-state index < -0.39 is 28.4 Å². The maximum absolute atomic E-state index is 13.0. The van der Waals surface area contributed by atoms with Crippen molar-refractivity contribution in [2.45, 2.75) is 32.0 Å². The zero-order valence-electron chi connectivity index (χ0n) is 17.2. The van der Waals surface area contributed by atoms with E-state index in [9.17, 15) is 18.0 Å². The van der Waals surface area contributed by atoms with Crippen LogP contribution in [0.2, 0.25) is 0 Å². The number of amides is 1. The molecule has 31 heavy (non-hydrogen) atoms. The fraction of sp³-hybridized carbons (Fsp3) is 0.316. The van der Waals surface area contributed by atoms with E-state index in [4.69, 9.17) is 18.7 Å². The van der Waals surface area contributed by atoms with Crippen molar-refractivity contribution in [3.63, 3.8) is 0 Å². The molecule has 1 aliphatic rings. The van der Waals surface area contributed by atoms with Crippen LogP contribution in [0.15, 0.2) is 45.4 Å². The van der Waals surface area contributed by atoms with Gasteiger partial charge in [0, 0.05) is 25.6 Å². The molecule has 0 spiro atoms. The summed E-state index contributed by atoms with van der Waals surface area (Å²) >= 11 is 0. The molecule has 0 fully saturated rings. The van der Waals surface area contributed by atoms with Crippen LogP contribution in [-0.4, -0.2) is 49.9 Å². The molecule has 0 bridgehead atoms. The molecule has 0 saturated heterocycles. The first-order chi connectivity index (χ1) is 14.6. The molecular weight excluding hydrogens is 430 g/mol. The topological polar surface area (TPSA) is 137 Å². The Morgan fingerprint density at radius 2 is 2.00 bits per heavy atom. The second kappa shape index (κ2) is 8.68. The van der Waals surface area contributed by atoms with Crippen molar-refractivity contribution in [1.29, 1.82) is 0 Å². The average molecular weight is 451 g/mol. The second-order valence-electron chi connectivity index (χ2n) is 6.41. The fourth-order valence-corrected chi connectivity index (χ4v) is 4.25. The lowest BCUT2D eigenvalue weighted by Gasteiger charge is -2.31. The Hall–Kier alpha value is -3.54. The number of carbonyl (C=O) groups is 2. The largest absolute Gasteiger partial charge is 0.511 e. The van der Waals surface area contributed by atoms with Gasteiger partial charge in [-0.15, -0.1) is 0 Å². The summed E-state index contributed by atoms with van der Waals surface area (Å²) in [5, 5.41) is 6.15. The van der Waals surface area contributed by atoms with Crippen LogP contribution >= 0.6 is 0 Å². The average Bonchev–Trinajstić information content (AvgIpc) is 3.11. The molecule has 11 nitrogen and oxygen atoms in total. The van der Waals surface area contributed by atoms with Gasteiger partial charge < -0.3 is 24.1 Å². The Balaban J connectivity index is 2.06. The smallest absolute Gasteiger partial charge is 0.452 e. The fourth-order valence-electron chi connectivity index (χ4n) is 2.86. The molecule has 2 heterocycles. The third-order valence-electron chi connectivity index (χ3n) is 4.19. The summed E-state index contributed by atoms with van der Waals surface area (Å²) in [5.41, 5.74) is -0.181. The van der Waals surface area contributed by atoms with E-state index in [1.165, 1.54) is 32.2 Å². The van der Waals surface area contributed by atoms with Gasteiger partial charge in [0.2, 0.25) is 6.29 Å². The van der Waals surface area contributed by atoms with Crippen molar-refractivity contribution in [1.82, 2.24) is 9.46 Å². The minimum Gasteiger partial charge on any atom is -0.452 e. The van der Waals surface area contributed by atoms with Crippen molar-refractivity contribution in [3.05, 3.63) is 47.4 Å². The SMILES string of the molecule is CCOC(=O)OC(C)OC1=C(C(=O)Nc2cc(C)on2)N(C)S(=O)(=O)c2ccccc21. The molecule has 0 aliphatic carbocycles. The molecule has 166 valence electrons. The maximum Gasteiger partial charge on any atom is 0.511 e. The predicted molar refractivity (Wildman–Crippen MR) is 107 cm³/mol. The first-order valence-corrected chi connectivity index (χ1v) is 10.7. The summed E-state index contributed by atoms with van der Waals surface area (Å²) in [4.78, 5) is 24.6. The van der Waals surface area contributed by atoms with E-state index in [-0.39, 0.29) is 34.3 Å². The number of benzene rings is 1. The van der Waals surface area contributed by atoms with Crippen molar-refractivity contribution in [2.75, 3.05) is 19.0 Å². The van der Waals surface area contributed by atoms with Gasteiger partial charge in [-0.3, -0.25) is 9.10 Å². The molecule has 2 aromatic rings. The van der Waals surface area contributed by atoms with E-state index in [2.05, 4.69) is 10.5 Å². The molecule has 1 unspecified atom stereocenters. The van der Waals surface area contributed by atoms with Gasteiger partial charge in [-0.25, -0.2) is 13.2 Å².